The Morgan fingerprint density at radius 3 is 2.21 bits per heavy atom. The van der Waals surface area contributed by atoms with Crippen LogP contribution >= 0.6 is 0 Å². The number of ether oxygens (including phenoxy) is 2. The normalized spacial score (nSPS) is 23.2. The topological polar surface area (TPSA) is 59.1 Å². The van der Waals surface area contributed by atoms with Crippen LogP contribution in [0.4, 0.5) is 0 Å². The van der Waals surface area contributed by atoms with E-state index in [0.29, 0.717) is 23.5 Å². The number of benzene rings is 1. The van der Waals surface area contributed by atoms with Crippen LogP contribution in [0.1, 0.15) is 36.7 Å². The molecule has 0 radical (unpaired) electrons. The minimum Gasteiger partial charge on any atom is -0.493 e. The van der Waals surface area contributed by atoms with Crippen molar-refractivity contribution in [1.29, 1.82) is 0 Å². The largest absolute Gasteiger partial charge is 0.493 e. The highest BCUT2D eigenvalue weighted by molar-refractivity contribution is 6.03. The fourth-order valence-corrected chi connectivity index (χ4v) is 3.90. The summed E-state index contributed by atoms with van der Waals surface area (Å²) in [6.07, 6.45) is 0.237. The molecule has 0 unspecified atom stereocenters. The molecule has 1 saturated heterocycles. The van der Waals surface area contributed by atoms with Crippen LogP contribution in [-0.2, 0) is 11.2 Å². The smallest absolute Gasteiger partial charge is 0.256 e. The number of likely N-dealkylation sites (N-methyl/N-ethyl adjacent to an activating group) is 1. The van der Waals surface area contributed by atoms with Gasteiger partial charge < -0.3 is 19.3 Å². The monoisotopic (exact) mass is 332 g/mol. The van der Waals surface area contributed by atoms with Crippen LogP contribution in [0.2, 0.25) is 0 Å². The molecular formula is C18H24N2O4. The molecule has 2 heterocycles. The van der Waals surface area contributed by atoms with E-state index in [1.165, 1.54) is 0 Å². The first-order valence-corrected chi connectivity index (χ1v) is 8.05. The zero-order valence-electron chi connectivity index (χ0n) is 15.0. The summed E-state index contributed by atoms with van der Waals surface area (Å²) in [5.41, 5.74) is 1.18. The summed E-state index contributed by atoms with van der Waals surface area (Å²) in [6.45, 7) is 6.13. The summed E-state index contributed by atoms with van der Waals surface area (Å²) in [6, 6.07) is 3.08. The second kappa shape index (κ2) is 5.40. The van der Waals surface area contributed by atoms with E-state index in [-0.39, 0.29) is 23.4 Å². The molecule has 0 N–H and O–H groups in total. The van der Waals surface area contributed by atoms with Crippen molar-refractivity contribution in [2.24, 2.45) is 5.41 Å². The number of fused-ring (bicyclic) bond motifs is 2. The molecule has 1 aromatic rings. The van der Waals surface area contributed by atoms with Crippen LogP contribution in [0, 0.1) is 5.41 Å². The highest BCUT2D eigenvalue weighted by atomic mass is 16.5. The van der Waals surface area contributed by atoms with Gasteiger partial charge in [-0.1, -0.05) is 20.8 Å². The zero-order chi connectivity index (χ0) is 17.8. The number of nitrogens with zero attached hydrogens (tertiary/aromatic N) is 2. The second-order valence-electron chi connectivity index (χ2n) is 7.49. The molecule has 1 aromatic carbocycles. The van der Waals surface area contributed by atoms with Gasteiger partial charge in [0.05, 0.1) is 14.2 Å². The number of rotatable bonds is 2. The SMILES string of the molecule is COc1cc2c(cc1OC)C(=O)N1[C@@H](C2)C(=O)N(C)[C@@H]1C(C)(C)C. The Balaban J connectivity index is 2.12. The Bertz CT molecular complexity index is 708. The van der Waals surface area contributed by atoms with Gasteiger partial charge in [0.25, 0.3) is 5.91 Å². The highest BCUT2D eigenvalue weighted by Crippen LogP contribution is 2.41. The highest BCUT2D eigenvalue weighted by Gasteiger charge is 2.53. The van der Waals surface area contributed by atoms with Gasteiger partial charge in [-0.3, -0.25) is 9.59 Å². The Labute approximate surface area is 142 Å². The molecule has 0 spiro atoms. The van der Waals surface area contributed by atoms with Gasteiger partial charge in [-0.15, -0.1) is 0 Å². The minimum atomic E-state index is -0.447. The summed E-state index contributed by atoms with van der Waals surface area (Å²) in [5, 5.41) is 0. The van der Waals surface area contributed by atoms with E-state index in [1.807, 2.05) is 20.8 Å². The molecule has 2 aliphatic heterocycles. The summed E-state index contributed by atoms with van der Waals surface area (Å²) < 4.78 is 10.7. The summed E-state index contributed by atoms with van der Waals surface area (Å²) >= 11 is 0. The molecule has 2 amide bonds. The molecule has 2 atom stereocenters. The molecule has 0 bridgehead atoms. The van der Waals surface area contributed by atoms with Gasteiger partial charge in [0.2, 0.25) is 5.91 Å². The lowest BCUT2D eigenvalue weighted by Crippen LogP contribution is -2.52. The van der Waals surface area contributed by atoms with Crippen molar-refractivity contribution < 1.29 is 19.1 Å². The first-order chi connectivity index (χ1) is 11.2. The van der Waals surface area contributed by atoms with Crippen molar-refractivity contribution in [3.05, 3.63) is 23.3 Å². The lowest BCUT2D eigenvalue weighted by Gasteiger charge is -2.40. The van der Waals surface area contributed by atoms with Gasteiger partial charge in [-0.05, 0) is 17.7 Å². The van der Waals surface area contributed by atoms with E-state index in [0.717, 1.165) is 5.56 Å². The standard InChI is InChI=1S/C18H24N2O4/c1-18(2,3)17-19(4)16(22)12-7-10-8-13(23-5)14(24-6)9-11(10)15(21)20(12)17/h8-9,12,17H,7H2,1-6H3/t12-,17-/m0/s1. The third-order valence-corrected chi connectivity index (χ3v) is 4.86. The number of hydrogen-bond donors (Lipinski definition) is 0. The molecule has 0 aromatic heterocycles. The molecule has 2 aliphatic rings. The van der Waals surface area contributed by atoms with Gasteiger partial charge in [0.1, 0.15) is 12.2 Å². The van der Waals surface area contributed by atoms with Crippen LogP contribution in [0.25, 0.3) is 0 Å². The Morgan fingerprint density at radius 2 is 1.67 bits per heavy atom. The predicted octanol–water partition coefficient (Wildman–Crippen LogP) is 1.91. The Hall–Kier alpha value is -2.24. The third-order valence-electron chi connectivity index (χ3n) is 4.86. The van der Waals surface area contributed by atoms with Crippen LogP contribution in [-0.4, -0.2) is 55.1 Å². The summed E-state index contributed by atoms with van der Waals surface area (Å²) in [5.74, 6) is 0.960. The van der Waals surface area contributed by atoms with Crippen LogP contribution < -0.4 is 9.47 Å². The fourth-order valence-electron chi connectivity index (χ4n) is 3.90. The zero-order valence-corrected chi connectivity index (χ0v) is 15.0. The van der Waals surface area contributed by atoms with Crippen molar-refractivity contribution >= 4 is 11.8 Å². The number of carbonyl (C=O) groups excluding carboxylic acids is 2. The molecule has 3 rings (SSSR count). The van der Waals surface area contributed by atoms with Gasteiger partial charge in [0.15, 0.2) is 11.5 Å². The fraction of sp³-hybridized carbons (Fsp3) is 0.556. The molecule has 6 nitrogen and oxygen atoms in total. The first-order valence-electron chi connectivity index (χ1n) is 8.05. The molecule has 130 valence electrons. The first kappa shape index (κ1) is 16.6. The van der Waals surface area contributed by atoms with E-state index >= 15 is 0 Å². The van der Waals surface area contributed by atoms with Gasteiger partial charge in [0, 0.05) is 24.4 Å². The molecule has 6 heteroatoms. The lowest BCUT2D eigenvalue weighted by molar-refractivity contribution is -0.129. The maximum Gasteiger partial charge on any atom is 0.256 e. The van der Waals surface area contributed by atoms with E-state index in [2.05, 4.69) is 0 Å². The predicted molar refractivity (Wildman–Crippen MR) is 89.2 cm³/mol. The van der Waals surface area contributed by atoms with Gasteiger partial charge >= 0.3 is 0 Å². The van der Waals surface area contributed by atoms with E-state index < -0.39 is 6.04 Å². The van der Waals surface area contributed by atoms with Crippen LogP contribution in [0.5, 0.6) is 11.5 Å². The van der Waals surface area contributed by atoms with Crippen molar-refractivity contribution in [2.75, 3.05) is 21.3 Å². The van der Waals surface area contributed by atoms with Crippen molar-refractivity contribution in [3.63, 3.8) is 0 Å². The van der Waals surface area contributed by atoms with E-state index in [9.17, 15) is 9.59 Å². The molecule has 24 heavy (non-hydrogen) atoms. The van der Waals surface area contributed by atoms with E-state index in [1.54, 1.807) is 43.2 Å². The average molecular weight is 332 g/mol. The van der Waals surface area contributed by atoms with Crippen molar-refractivity contribution in [2.45, 2.75) is 39.4 Å². The molecule has 0 aliphatic carbocycles. The molecule has 0 saturated carbocycles. The second-order valence-corrected chi connectivity index (χ2v) is 7.49. The Morgan fingerprint density at radius 1 is 1.08 bits per heavy atom. The van der Waals surface area contributed by atoms with Gasteiger partial charge in [-0.25, -0.2) is 0 Å². The summed E-state index contributed by atoms with van der Waals surface area (Å²) in [4.78, 5) is 29.3. The number of carbonyl (C=O) groups is 2. The number of hydrogen-bond acceptors (Lipinski definition) is 4. The van der Waals surface area contributed by atoms with Crippen LogP contribution in [0.3, 0.4) is 0 Å². The van der Waals surface area contributed by atoms with Crippen molar-refractivity contribution in [3.8, 4) is 11.5 Å². The average Bonchev–Trinajstić information content (AvgIpc) is 2.78. The van der Waals surface area contributed by atoms with E-state index in [4.69, 9.17) is 9.47 Å². The number of amides is 2. The van der Waals surface area contributed by atoms with Crippen LogP contribution in [0.15, 0.2) is 12.1 Å². The quantitative estimate of drug-likeness (QED) is 0.830. The van der Waals surface area contributed by atoms with Crippen molar-refractivity contribution in [1.82, 2.24) is 9.80 Å². The number of methoxy groups -OCH3 is 2. The molecular weight excluding hydrogens is 308 g/mol. The van der Waals surface area contributed by atoms with Gasteiger partial charge in [-0.2, -0.15) is 0 Å². The third kappa shape index (κ3) is 2.24. The minimum absolute atomic E-state index is 0.0105. The maximum absolute atomic E-state index is 13.2. The maximum atomic E-state index is 13.2. The lowest BCUT2D eigenvalue weighted by atomic mass is 9.88. The molecule has 1 fully saturated rings. The summed E-state index contributed by atoms with van der Waals surface area (Å²) in [7, 11) is 4.88. The Kier molecular flexibility index (Phi) is 3.73.